The summed E-state index contributed by atoms with van der Waals surface area (Å²) >= 11 is 0. The van der Waals surface area contributed by atoms with E-state index in [0.717, 1.165) is 0 Å². The van der Waals surface area contributed by atoms with Crippen LogP contribution < -0.4 is 10.6 Å². The molecule has 0 bridgehead atoms. The van der Waals surface area contributed by atoms with E-state index in [2.05, 4.69) is 41.7 Å². The largest absolute Gasteiger partial charge is 0.352 e. The summed E-state index contributed by atoms with van der Waals surface area (Å²) in [6.07, 6.45) is 3.49. The summed E-state index contributed by atoms with van der Waals surface area (Å²) in [7, 11) is 0. The van der Waals surface area contributed by atoms with Gasteiger partial charge in [0.15, 0.2) is 0 Å². The van der Waals surface area contributed by atoms with E-state index < -0.39 is 0 Å². The first kappa shape index (κ1) is 19.8. The van der Waals surface area contributed by atoms with E-state index in [-0.39, 0.29) is 11.8 Å². The summed E-state index contributed by atoms with van der Waals surface area (Å²) in [5, 5.41) is 27.6. The molecule has 0 aliphatic rings. The fourth-order valence-corrected chi connectivity index (χ4v) is 2.83. The van der Waals surface area contributed by atoms with Gasteiger partial charge in [0.05, 0.1) is 11.4 Å². The van der Waals surface area contributed by atoms with Crippen LogP contribution >= 0.6 is 0 Å². The molecule has 2 aromatic carbocycles. The van der Waals surface area contributed by atoms with Crippen molar-refractivity contribution in [2.45, 2.75) is 6.42 Å². The molecule has 4 rings (SSSR count). The molecule has 156 valence electrons. The number of rotatable bonds is 8. The molecule has 0 aliphatic heterocycles. The lowest BCUT2D eigenvalue weighted by Gasteiger charge is -2.08. The summed E-state index contributed by atoms with van der Waals surface area (Å²) in [6.45, 7) is 0.831. The smallest absolute Gasteiger partial charge is 0.251 e. The van der Waals surface area contributed by atoms with Crippen molar-refractivity contribution in [3.63, 3.8) is 0 Å². The molecule has 2 heterocycles. The van der Waals surface area contributed by atoms with Crippen LogP contribution in [0.15, 0.2) is 61.2 Å². The first-order valence-corrected chi connectivity index (χ1v) is 9.44. The summed E-state index contributed by atoms with van der Waals surface area (Å²) in [4.78, 5) is 24.7. The molecule has 2 aromatic heterocycles. The van der Waals surface area contributed by atoms with Crippen molar-refractivity contribution in [2.24, 2.45) is 0 Å². The van der Waals surface area contributed by atoms with Gasteiger partial charge in [-0.15, -0.1) is 10.2 Å². The van der Waals surface area contributed by atoms with Crippen molar-refractivity contribution >= 4 is 11.8 Å². The van der Waals surface area contributed by atoms with Gasteiger partial charge in [0.2, 0.25) is 0 Å². The first-order valence-electron chi connectivity index (χ1n) is 9.44. The van der Waals surface area contributed by atoms with E-state index in [1.165, 1.54) is 22.0 Å². The molecule has 4 aromatic rings. The number of carbonyl (C=O) groups excluding carboxylic acids is 2. The fourth-order valence-electron chi connectivity index (χ4n) is 2.83. The quantitative estimate of drug-likeness (QED) is 0.386. The molecule has 0 saturated carbocycles. The van der Waals surface area contributed by atoms with Crippen LogP contribution in [-0.4, -0.2) is 65.3 Å². The number of nitrogens with one attached hydrogen (secondary N) is 2. The lowest BCUT2D eigenvalue weighted by molar-refractivity contribution is 0.0951. The highest BCUT2D eigenvalue weighted by atomic mass is 16.2. The standard InChI is InChI=1S/C19H18N10O2/c30-18(14-4-1-6-16(10-14)28-12-22-24-26-28)20-8-3-9-21-19(31)15-5-2-7-17(11-15)29-13-23-25-27-29/h1-2,4-7,10-13H,3,8-9H2,(H,20,30)(H,21,31). The second kappa shape index (κ2) is 9.35. The van der Waals surface area contributed by atoms with Gasteiger partial charge in [0.25, 0.3) is 11.8 Å². The van der Waals surface area contributed by atoms with Crippen molar-refractivity contribution in [2.75, 3.05) is 13.1 Å². The Morgan fingerprint density at radius 3 is 1.65 bits per heavy atom. The minimum Gasteiger partial charge on any atom is -0.352 e. The number of hydrogen-bond acceptors (Lipinski definition) is 8. The van der Waals surface area contributed by atoms with E-state index in [0.29, 0.717) is 42.0 Å². The Balaban J connectivity index is 1.23. The number of benzene rings is 2. The maximum Gasteiger partial charge on any atom is 0.251 e. The molecule has 0 fully saturated rings. The predicted octanol–water partition coefficient (Wildman–Crippen LogP) is 0.188. The molecule has 0 unspecified atom stereocenters. The van der Waals surface area contributed by atoms with Crippen LogP contribution in [0, 0.1) is 0 Å². The number of hydrogen-bond donors (Lipinski definition) is 2. The van der Waals surface area contributed by atoms with Crippen LogP contribution in [-0.2, 0) is 0 Å². The van der Waals surface area contributed by atoms with Crippen LogP contribution in [0.4, 0.5) is 0 Å². The van der Waals surface area contributed by atoms with Crippen molar-refractivity contribution < 1.29 is 9.59 Å². The third-order valence-corrected chi connectivity index (χ3v) is 4.37. The molecule has 0 saturated heterocycles. The van der Waals surface area contributed by atoms with Crippen molar-refractivity contribution in [3.05, 3.63) is 72.3 Å². The van der Waals surface area contributed by atoms with E-state index in [1.807, 2.05) is 0 Å². The number of nitrogens with zero attached hydrogens (tertiary/aromatic N) is 8. The molecule has 0 spiro atoms. The number of carbonyl (C=O) groups is 2. The van der Waals surface area contributed by atoms with E-state index >= 15 is 0 Å². The zero-order chi connectivity index (χ0) is 21.5. The maximum absolute atomic E-state index is 12.4. The monoisotopic (exact) mass is 418 g/mol. The molecule has 0 aliphatic carbocycles. The van der Waals surface area contributed by atoms with Crippen LogP contribution in [0.3, 0.4) is 0 Å². The average molecular weight is 418 g/mol. The van der Waals surface area contributed by atoms with Gasteiger partial charge in [-0.2, -0.15) is 0 Å². The first-order chi connectivity index (χ1) is 15.2. The Morgan fingerprint density at radius 1 is 0.742 bits per heavy atom. The average Bonchev–Trinajstić information content (AvgIpc) is 3.53. The Kier molecular flexibility index (Phi) is 5.97. The lowest BCUT2D eigenvalue weighted by atomic mass is 10.2. The van der Waals surface area contributed by atoms with Crippen LogP contribution in [0.2, 0.25) is 0 Å². The van der Waals surface area contributed by atoms with E-state index in [4.69, 9.17) is 0 Å². The SMILES string of the molecule is O=C(NCCCNC(=O)c1cccc(-n2cnnn2)c1)c1cccc(-n2cnnn2)c1. The summed E-state index contributed by atoms with van der Waals surface area (Å²) in [5.74, 6) is -0.425. The van der Waals surface area contributed by atoms with Crippen molar-refractivity contribution in [1.82, 2.24) is 51.0 Å². The van der Waals surface area contributed by atoms with E-state index in [9.17, 15) is 9.59 Å². The second-order valence-electron chi connectivity index (χ2n) is 6.47. The van der Waals surface area contributed by atoms with Gasteiger partial charge < -0.3 is 10.6 Å². The topological polar surface area (TPSA) is 145 Å². The Bertz CT molecular complexity index is 1070. The zero-order valence-electron chi connectivity index (χ0n) is 16.3. The minimum absolute atomic E-state index is 0.213. The Labute approximate surface area is 176 Å². The van der Waals surface area contributed by atoms with Gasteiger partial charge in [-0.1, -0.05) is 12.1 Å². The predicted molar refractivity (Wildman–Crippen MR) is 108 cm³/mol. The molecule has 0 atom stereocenters. The van der Waals surface area contributed by atoms with Crippen molar-refractivity contribution in [3.8, 4) is 11.4 Å². The molecule has 12 nitrogen and oxygen atoms in total. The molecule has 0 radical (unpaired) electrons. The van der Waals surface area contributed by atoms with Crippen LogP contribution in [0.1, 0.15) is 27.1 Å². The zero-order valence-corrected chi connectivity index (χ0v) is 16.3. The Hall–Kier alpha value is -4.48. The highest BCUT2D eigenvalue weighted by Crippen LogP contribution is 2.09. The molecule has 12 heteroatoms. The normalized spacial score (nSPS) is 10.6. The van der Waals surface area contributed by atoms with Crippen molar-refractivity contribution in [1.29, 1.82) is 0 Å². The summed E-state index contributed by atoms with van der Waals surface area (Å²) in [6, 6.07) is 13.9. The Morgan fingerprint density at radius 2 is 1.23 bits per heavy atom. The van der Waals surface area contributed by atoms with Gasteiger partial charge in [-0.3, -0.25) is 9.59 Å². The maximum atomic E-state index is 12.4. The summed E-state index contributed by atoms with van der Waals surface area (Å²) in [5.41, 5.74) is 2.37. The van der Waals surface area contributed by atoms with Gasteiger partial charge >= 0.3 is 0 Å². The van der Waals surface area contributed by atoms with Crippen LogP contribution in [0.5, 0.6) is 0 Å². The van der Waals surface area contributed by atoms with E-state index in [1.54, 1.807) is 48.5 Å². The third-order valence-electron chi connectivity index (χ3n) is 4.37. The summed E-state index contributed by atoms with van der Waals surface area (Å²) < 4.78 is 2.95. The number of tetrazole rings is 2. The highest BCUT2D eigenvalue weighted by Gasteiger charge is 2.09. The van der Waals surface area contributed by atoms with Gasteiger partial charge in [0.1, 0.15) is 12.7 Å². The number of amides is 2. The molecule has 31 heavy (non-hydrogen) atoms. The molecule has 2 amide bonds. The van der Waals surface area contributed by atoms with Gasteiger partial charge in [0, 0.05) is 24.2 Å². The van der Waals surface area contributed by atoms with Gasteiger partial charge in [-0.25, -0.2) is 9.36 Å². The third kappa shape index (κ3) is 4.93. The molecule has 2 N–H and O–H groups in total. The van der Waals surface area contributed by atoms with Gasteiger partial charge in [-0.05, 0) is 63.7 Å². The van der Waals surface area contributed by atoms with Crippen LogP contribution in [0.25, 0.3) is 11.4 Å². The fraction of sp³-hybridized carbons (Fsp3) is 0.158. The lowest BCUT2D eigenvalue weighted by Crippen LogP contribution is -2.30. The molecular formula is C19H18N10O2. The highest BCUT2D eigenvalue weighted by molar-refractivity contribution is 5.95. The second-order valence-corrected chi connectivity index (χ2v) is 6.47. The minimum atomic E-state index is -0.213. The molecular weight excluding hydrogens is 400 g/mol. The number of aromatic nitrogens is 8.